The first-order valence-corrected chi connectivity index (χ1v) is 19.7. The summed E-state index contributed by atoms with van der Waals surface area (Å²) in [6, 6.07) is 75.4. The molecule has 11 rings (SSSR count). The summed E-state index contributed by atoms with van der Waals surface area (Å²) in [5.74, 6) is 1.91. The minimum absolute atomic E-state index is 0.632. The van der Waals surface area contributed by atoms with Gasteiger partial charge in [0, 0.05) is 16.7 Å². The number of rotatable bonds is 6. The van der Waals surface area contributed by atoms with E-state index in [1.54, 1.807) is 0 Å². The molecule has 3 nitrogen and oxygen atoms in total. The van der Waals surface area contributed by atoms with E-state index in [1.807, 2.05) is 0 Å². The van der Waals surface area contributed by atoms with Gasteiger partial charge in [0.25, 0.3) is 0 Å². The van der Waals surface area contributed by atoms with Crippen LogP contribution in [0.3, 0.4) is 0 Å². The summed E-state index contributed by atoms with van der Waals surface area (Å²) in [6.07, 6.45) is 0. The summed E-state index contributed by atoms with van der Waals surface area (Å²) in [5, 5.41) is 9.24. The van der Waals surface area contributed by atoms with Crippen LogP contribution >= 0.6 is 0 Å². The third-order valence-electron chi connectivity index (χ3n) is 11.3. The fourth-order valence-corrected chi connectivity index (χ4v) is 8.42. The molecule has 0 aliphatic carbocycles. The van der Waals surface area contributed by atoms with Gasteiger partial charge in [0.1, 0.15) is 0 Å². The van der Waals surface area contributed by atoms with Crippen LogP contribution in [0, 0.1) is 0 Å². The van der Waals surface area contributed by atoms with Crippen LogP contribution in [0.1, 0.15) is 0 Å². The van der Waals surface area contributed by atoms with Crippen LogP contribution in [-0.2, 0) is 0 Å². The molecule has 0 radical (unpaired) electrons. The Morgan fingerprint density at radius 1 is 0.207 bits per heavy atom. The van der Waals surface area contributed by atoms with Crippen molar-refractivity contribution in [1.82, 2.24) is 15.0 Å². The monoisotopic (exact) mass is 737 g/mol. The lowest BCUT2D eigenvalue weighted by molar-refractivity contribution is 1.08. The van der Waals surface area contributed by atoms with Crippen molar-refractivity contribution in [2.75, 3.05) is 0 Å². The van der Waals surface area contributed by atoms with Crippen molar-refractivity contribution in [1.29, 1.82) is 0 Å². The van der Waals surface area contributed by atoms with Gasteiger partial charge in [-0.25, -0.2) is 15.0 Å². The van der Waals surface area contributed by atoms with Crippen molar-refractivity contribution in [2.24, 2.45) is 0 Å². The molecule has 0 atom stereocenters. The van der Waals surface area contributed by atoms with Crippen molar-refractivity contribution in [2.45, 2.75) is 0 Å². The van der Waals surface area contributed by atoms with Crippen LogP contribution in [0.2, 0.25) is 0 Å². The Morgan fingerprint density at radius 3 is 1.41 bits per heavy atom. The lowest BCUT2D eigenvalue weighted by Gasteiger charge is -2.14. The number of aromatic nitrogens is 3. The van der Waals surface area contributed by atoms with E-state index in [1.165, 1.54) is 38.6 Å². The minimum Gasteiger partial charge on any atom is -0.208 e. The third-order valence-corrected chi connectivity index (χ3v) is 11.3. The Balaban J connectivity index is 1.10. The first kappa shape index (κ1) is 33.6. The second-order valence-corrected chi connectivity index (χ2v) is 14.8. The maximum atomic E-state index is 5.31. The van der Waals surface area contributed by atoms with Crippen molar-refractivity contribution >= 4 is 43.1 Å². The van der Waals surface area contributed by atoms with Crippen LogP contribution in [0.25, 0.3) is 111 Å². The molecule has 0 amide bonds. The van der Waals surface area contributed by atoms with Crippen LogP contribution in [-0.4, -0.2) is 15.0 Å². The molecule has 58 heavy (non-hydrogen) atoms. The highest BCUT2D eigenvalue weighted by Crippen LogP contribution is 2.38. The SMILES string of the molecule is c1ccc(-c2ccc3cccc(-c4nc(-c5ccc6cc(-c7cccc8ccccc78)ccc6c5)nc(-c5ccc(-c6ccccc6)c6ccccc56)n4)c3c2)cc1. The van der Waals surface area contributed by atoms with Gasteiger partial charge in [0.15, 0.2) is 17.5 Å². The zero-order chi connectivity index (χ0) is 38.4. The summed E-state index contributed by atoms with van der Waals surface area (Å²) in [4.78, 5) is 15.9. The molecule has 0 unspecified atom stereocenters. The van der Waals surface area contributed by atoms with Crippen LogP contribution in [0.4, 0.5) is 0 Å². The van der Waals surface area contributed by atoms with Gasteiger partial charge in [-0.3, -0.25) is 0 Å². The van der Waals surface area contributed by atoms with E-state index in [4.69, 9.17) is 15.0 Å². The number of hydrogen-bond donors (Lipinski definition) is 0. The van der Waals surface area contributed by atoms with Crippen molar-refractivity contribution in [3.05, 3.63) is 212 Å². The Morgan fingerprint density at radius 2 is 0.672 bits per heavy atom. The van der Waals surface area contributed by atoms with Gasteiger partial charge < -0.3 is 0 Å². The smallest absolute Gasteiger partial charge is 0.164 e. The summed E-state index contributed by atoms with van der Waals surface area (Å²) in [6.45, 7) is 0. The van der Waals surface area contributed by atoms with Gasteiger partial charge in [-0.15, -0.1) is 0 Å². The molecule has 270 valence electrons. The third kappa shape index (κ3) is 5.98. The number of hydrogen-bond acceptors (Lipinski definition) is 3. The molecule has 10 aromatic carbocycles. The fraction of sp³-hybridized carbons (Fsp3) is 0. The van der Waals surface area contributed by atoms with Gasteiger partial charge in [0.2, 0.25) is 0 Å². The molecule has 0 saturated carbocycles. The fourth-order valence-electron chi connectivity index (χ4n) is 8.42. The minimum atomic E-state index is 0.632. The maximum Gasteiger partial charge on any atom is 0.164 e. The summed E-state index contributed by atoms with van der Waals surface area (Å²) < 4.78 is 0. The quantitative estimate of drug-likeness (QED) is 0.171. The van der Waals surface area contributed by atoms with E-state index in [2.05, 4.69) is 212 Å². The van der Waals surface area contributed by atoms with Crippen molar-refractivity contribution in [3.8, 4) is 67.5 Å². The average molecular weight is 738 g/mol. The van der Waals surface area contributed by atoms with E-state index >= 15 is 0 Å². The molecule has 0 aliphatic heterocycles. The zero-order valence-electron chi connectivity index (χ0n) is 31.5. The van der Waals surface area contributed by atoms with E-state index < -0.39 is 0 Å². The van der Waals surface area contributed by atoms with Gasteiger partial charge in [-0.05, 0) is 101 Å². The first-order valence-electron chi connectivity index (χ1n) is 19.7. The normalized spacial score (nSPS) is 11.4. The molecular formula is C55H35N3. The Bertz CT molecular complexity index is 3310. The first-order chi connectivity index (χ1) is 28.7. The van der Waals surface area contributed by atoms with Crippen LogP contribution < -0.4 is 0 Å². The molecule has 3 heteroatoms. The highest BCUT2D eigenvalue weighted by molar-refractivity contribution is 6.05. The Hall–Kier alpha value is -7.75. The standard InChI is InChI=1S/C55H35N3/c1-3-13-36(14-4-1)42-26-25-39-19-12-24-50(52(39)35-42)54-56-53(57-55(58-54)51-32-31-47(37-15-5-2-6-16-37)48-21-9-10-22-49(48)51)44-30-28-40-33-43(29-27-41(40)34-44)46-23-11-18-38-17-7-8-20-45(38)46/h1-35H. The maximum absolute atomic E-state index is 5.31. The molecular weight excluding hydrogens is 703 g/mol. The molecule has 0 spiro atoms. The summed E-state index contributed by atoms with van der Waals surface area (Å²) in [7, 11) is 0. The highest BCUT2D eigenvalue weighted by Gasteiger charge is 2.18. The zero-order valence-corrected chi connectivity index (χ0v) is 31.5. The Kier molecular flexibility index (Phi) is 8.15. The van der Waals surface area contributed by atoms with E-state index in [0.717, 1.165) is 54.6 Å². The van der Waals surface area contributed by atoms with Crippen molar-refractivity contribution < 1.29 is 0 Å². The van der Waals surface area contributed by atoms with Crippen LogP contribution in [0.15, 0.2) is 212 Å². The van der Waals surface area contributed by atoms with Gasteiger partial charge in [-0.1, -0.05) is 188 Å². The molecule has 1 heterocycles. The van der Waals surface area contributed by atoms with Crippen LogP contribution in [0.5, 0.6) is 0 Å². The van der Waals surface area contributed by atoms with Gasteiger partial charge >= 0.3 is 0 Å². The van der Waals surface area contributed by atoms with E-state index in [9.17, 15) is 0 Å². The topological polar surface area (TPSA) is 38.7 Å². The lowest BCUT2D eigenvalue weighted by Crippen LogP contribution is -2.01. The molecule has 0 aliphatic rings. The predicted molar refractivity (Wildman–Crippen MR) is 242 cm³/mol. The summed E-state index contributed by atoms with van der Waals surface area (Å²) in [5.41, 5.74) is 9.95. The highest BCUT2D eigenvalue weighted by atomic mass is 15.0. The van der Waals surface area contributed by atoms with Gasteiger partial charge in [-0.2, -0.15) is 0 Å². The van der Waals surface area contributed by atoms with E-state index in [0.29, 0.717) is 17.5 Å². The molecule has 1 aromatic heterocycles. The molecule has 0 fully saturated rings. The molecule has 0 N–H and O–H groups in total. The van der Waals surface area contributed by atoms with Gasteiger partial charge in [0.05, 0.1) is 0 Å². The Labute approximate surface area is 336 Å². The average Bonchev–Trinajstić information content (AvgIpc) is 3.30. The largest absolute Gasteiger partial charge is 0.208 e. The van der Waals surface area contributed by atoms with Crippen molar-refractivity contribution in [3.63, 3.8) is 0 Å². The number of nitrogens with zero attached hydrogens (tertiary/aromatic N) is 3. The second-order valence-electron chi connectivity index (χ2n) is 14.8. The second kappa shape index (κ2) is 14.1. The lowest BCUT2D eigenvalue weighted by atomic mass is 9.94. The number of fused-ring (bicyclic) bond motifs is 4. The number of benzene rings is 10. The molecule has 0 bridgehead atoms. The molecule has 11 aromatic rings. The summed E-state index contributed by atoms with van der Waals surface area (Å²) >= 11 is 0. The predicted octanol–water partition coefficient (Wildman–Crippen LogP) is 14.5. The molecule has 0 saturated heterocycles. The van der Waals surface area contributed by atoms with E-state index in [-0.39, 0.29) is 0 Å².